The van der Waals surface area contributed by atoms with Crippen molar-refractivity contribution < 1.29 is 4.39 Å². The highest BCUT2D eigenvalue weighted by Gasteiger charge is 2.27. The Hall–Kier alpha value is -2.05. The van der Waals surface area contributed by atoms with Crippen LogP contribution in [0.1, 0.15) is 32.1 Å². The summed E-state index contributed by atoms with van der Waals surface area (Å²) in [6, 6.07) is 7.50. The predicted molar refractivity (Wildman–Crippen MR) is 113 cm³/mol. The predicted octanol–water partition coefficient (Wildman–Crippen LogP) is 4.95. The number of piperazine rings is 1. The van der Waals surface area contributed by atoms with Gasteiger partial charge in [-0.05, 0) is 30.5 Å². The van der Waals surface area contributed by atoms with E-state index in [1.165, 1.54) is 44.2 Å². The first-order valence-electron chi connectivity index (χ1n) is 10.3. The number of benzene rings is 1. The minimum absolute atomic E-state index is 0.210. The monoisotopic (exact) mass is 396 g/mol. The van der Waals surface area contributed by atoms with Gasteiger partial charge >= 0.3 is 0 Å². The second-order valence-corrected chi connectivity index (χ2v) is 8.71. The lowest BCUT2D eigenvalue weighted by Gasteiger charge is -2.41. The summed E-state index contributed by atoms with van der Waals surface area (Å²) in [5.41, 5.74) is 2.12. The fourth-order valence-corrected chi connectivity index (χ4v) is 5.60. The molecule has 6 heteroatoms. The minimum Gasteiger partial charge on any atom is -0.353 e. The van der Waals surface area contributed by atoms with Crippen LogP contribution < -0.4 is 4.90 Å². The Morgan fingerprint density at radius 1 is 0.929 bits per heavy atom. The second-order valence-electron chi connectivity index (χ2n) is 7.85. The number of rotatable bonds is 3. The van der Waals surface area contributed by atoms with Gasteiger partial charge in [0.05, 0.1) is 5.39 Å². The smallest absolute Gasteiger partial charge is 0.141 e. The molecular formula is C22H25FN4S. The Kier molecular flexibility index (Phi) is 4.99. The zero-order valence-electron chi connectivity index (χ0n) is 16.0. The van der Waals surface area contributed by atoms with Gasteiger partial charge in [-0.15, -0.1) is 11.3 Å². The Balaban J connectivity index is 1.42. The standard InChI is InChI=1S/C22H25FN4S/c23-17-8-6-16(7-9-17)19-14-28-22-20(19)21(24-15-25-22)27-12-10-26(11-13-27)18-4-2-1-3-5-18/h6-9,14-15,18H,1-5,10-13H2. The summed E-state index contributed by atoms with van der Waals surface area (Å²) in [4.78, 5) is 15.2. The molecule has 0 atom stereocenters. The van der Waals surface area contributed by atoms with Crippen LogP contribution in [0.5, 0.6) is 0 Å². The average molecular weight is 397 g/mol. The van der Waals surface area contributed by atoms with E-state index in [0.717, 1.165) is 59.4 Å². The van der Waals surface area contributed by atoms with Gasteiger partial charge in [0.15, 0.2) is 0 Å². The Labute approximate surface area is 169 Å². The molecule has 1 saturated carbocycles. The number of nitrogens with zero attached hydrogens (tertiary/aromatic N) is 4. The van der Waals surface area contributed by atoms with Gasteiger partial charge in [-0.2, -0.15) is 0 Å². The Morgan fingerprint density at radius 2 is 1.68 bits per heavy atom. The number of fused-ring (bicyclic) bond motifs is 1. The van der Waals surface area contributed by atoms with Crippen molar-refractivity contribution in [2.45, 2.75) is 38.1 Å². The van der Waals surface area contributed by atoms with Gasteiger partial charge in [0.25, 0.3) is 0 Å². The van der Waals surface area contributed by atoms with Gasteiger partial charge in [-0.3, -0.25) is 4.90 Å². The fraction of sp³-hybridized carbons (Fsp3) is 0.455. The third-order valence-electron chi connectivity index (χ3n) is 6.21. The van der Waals surface area contributed by atoms with Crippen molar-refractivity contribution in [1.82, 2.24) is 14.9 Å². The van der Waals surface area contributed by atoms with Gasteiger partial charge in [0, 0.05) is 43.2 Å². The zero-order valence-corrected chi connectivity index (χ0v) is 16.8. The van der Waals surface area contributed by atoms with Gasteiger partial charge in [-0.25, -0.2) is 14.4 Å². The van der Waals surface area contributed by atoms with Crippen LogP contribution in [0.25, 0.3) is 21.3 Å². The van der Waals surface area contributed by atoms with Crippen LogP contribution >= 0.6 is 11.3 Å². The van der Waals surface area contributed by atoms with E-state index in [-0.39, 0.29) is 5.82 Å². The molecule has 0 amide bonds. The maximum absolute atomic E-state index is 13.4. The van der Waals surface area contributed by atoms with E-state index in [9.17, 15) is 4.39 Å². The molecule has 0 bridgehead atoms. The molecule has 1 saturated heterocycles. The Bertz CT molecular complexity index is 941. The van der Waals surface area contributed by atoms with E-state index < -0.39 is 0 Å². The van der Waals surface area contributed by atoms with Crippen molar-refractivity contribution in [3.63, 3.8) is 0 Å². The van der Waals surface area contributed by atoms with Crippen LogP contribution in [0.15, 0.2) is 36.0 Å². The summed E-state index contributed by atoms with van der Waals surface area (Å²) in [5, 5.41) is 3.22. The van der Waals surface area contributed by atoms with Crippen LogP contribution in [0, 0.1) is 5.82 Å². The van der Waals surface area contributed by atoms with Gasteiger partial charge in [0.2, 0.25) is 0 Å². The van der Waals surface area contributed by atoms with E-state index in [0.29, 0.717) is 0 Å². The molecule has 0 N–H and O–H groups in total. The first-order chi connectivity index (χ1) is 13.8. The summed E-state index contributed by atoms with van der Waals surface area (Å²) in [6.45, 7) is 4.21. The lowest BCUT2D eigenvalue weighted by atomic mass is 9.94. The SMILES string of the molecule is Fc1ccc(-c2csc3ncnc(N4CCN(C5CCCCC5)CC4)c23)cc1. The summed E-state index contributed by atoms with van der Waals surface area (Å²) in [6.07, 6.45) is 8.56. The molecule has 1 aromatic carbocycles. The molecule has 3 heterocycles. The highest BCUT2D eigenvalue weighted by atomic mass is 32.1. The van der Waals surface area contributed by atoms with E-state index in [1.54, 1.807) is 17.7 Å². The van der Waals surface area contributed by atoms with E-state index in [1.807, 2.05) is 12.1 Å². The summed E-state index contributed by atoms with van der Waals surface area (Å²) >= 11 is 1.63. The third-order valence-corrected chi connectivity index (χ3v) is 7.10. The molecule has 1 aliphatic carbocycles. The molecule has 1 aliphatic heterocycles. The third kappa shape index (κ3) is 3.40. The summed E-state index contributed by atoms with van der Waals surface area (Å²) < 4.78 is 13.4. The van der Waals surface area contributed by atoms with Crippen molar-refractivity contribution in [2.75, 3.05) is 31.1 Å². The van der Waals surface area contributed by atoms with Crippen LogP contribution in [-0.2, 0) is 0 Å². The van der Waals surface area contributed by atoms with E-state index in [2.05, 4.69) is 25.1 Å². The molecule has 0 unspecified atom stereocenters. The van der Waals surface area contributed by atoms with Crippen molar-refractivity contribution in [3.05, 3.63) is 41.8 Å². The molecule has 2 aliphatic rings. The van der Waals surface area contributed by atoms with Crippen molar-refractivity contribution in [2.24, 2.45) is 0 Å². The summed E-state index contributed by atoms with van der Waals surface area (Å²) in [7, 11) is 0. The van der Waals surface area contributed by atoms with Crippen molar-refractivity contribution in [1.29, 1.82) is 0 Å². The number of halogens is 1. The lowest BCUT2D eigenvalue weighted by molar-refractivity contribution is 0.148. The van der Waals surface area contributed by atoms with Gasteiger partial charge in [0.1, 0.15) is 22.8 Å². The molecule has 2 aromatic heterocycles. The first-order valence-corrected chi connectivity index (χ1v) is 11.1. The number of anilines is 1. The normalized spacial score (nSPS) is 19.4. The highest BCUT2D eigenvalue weighted by molar-refractivity contribution is 7.17. The van der Waals surface area contributed by atoms with E-state index in [4.69, 9.17) is 0 Å². The van der Waals surface area contributed by atoms with Crippen molar-refractivity contribution in [3.8, 4) is 11.1 Å². The fourth-order valence-electron chi connectivity index (χ4n) is 4.69. The van der Waals surface area contributed by atoms with Crippen LogP contribution in [0.4, 0.5) is 10.2 Å². The zero-order chi connectivity index (χ0) is 18.9. The van der Waals surface area contributed by atoms with Gasteiger partial charge in [-0.1, -0.05) is 31.4 Å². The number of hydrogen-bond acceptors (Lipinski definition) is 5. The van der Waals surface area contributed by atoms with Crippen molar-refractivity contribution >= 4 is 27.4 Å². The molecular weight excluding hydrogens is 371 g/mol. The van der Waals surface area contributed by atoms with Crippen LogP contribution in [-0.4, -0.2) is 47.1 Å². The number of hydrogen-bond donors (Lipinski definition) is 0. The molecule has 0 spiro atoms. The highest BCUT2D eigenvalue weighted by Crippen LogP contribution is 2.38. The molecule has 5 rings (SSSR count). The first kappa shape index (κ1) is 18.0. The summed E-state index contributed by atoms with van der Waals surface area (Å²) in [5.74, 6) is 0.812. The quantitative estimate of drug-likeness (QED) is 0.627. The number of aromatic nitrogens is 2. The van der Waals surface area contributed by atoms with Crippen LogP contribution in [0.3, 0.4) is 0 Å². The molecule has 3 aromatic rings. The minimum atomic E-state index is -0.210. The van der Waals surface area contributed by atoms with E-state index >= 15 is 0 Å². The number of thiophene rings is 1. The molecule has 28 heavy (non-hydrogen) atoms. The molecule has 4 nitrogen and oxygen atoms in total. The molecule has 0 radical (unpaired) electrons. The average Bonchev–Trinajstić information content (AvgIpc) is 3.19. The topological polar surface area (TPSA) is 32.3 Å². The Morgan fingerprint density at radius 3 is 2.43 bits per heavy atom. The maximum atomic E-state index is 13.4. The largest absolute Gasteiger partial charge is 0.353 e. The van der Waals surface area contributed by atoms with Gasteiger partial charge < -0.3 is 4.90 Å². The maximum Gasteiger partial charge on any atom is 0.141 e. The van der Waals surface area contributed by atoms with Crippen LogP contribution in [0.2, 0.25) is 0 Å². The molecule has 2 fully saturated rings. The molecule has 146 valence electrons. The second kappa shape index (κ2) is 7.76. The lowest BCUT2D eigenvalue weighted by Crippen LogP contribution is -2.51.